The van der Waals surface area contributed by atoms with Crippen LogP contribution in [0.2, 0.25) is 0 Å². The predicted octanol–water partition coefficient (Wildman–Crippen LogP) is 8.15. The van der Waals surface area contributed by atoms with Crippen molar-refractivity contribution in [2.24, 2.45) is 5.92 Å². The average Bonchev–Trinajstić information content (AvgIpc) is 2.56. The molecule has 0 spiro atoms. The molecule has 1 aromatic carbocycles. The van der Waals surface area contributed by atoms with E-state index in [1.54, 1.807) is 5.56 Å². The zero-order valence-electron chi connectivity index (χ0n) is 16.9. The highest BCUT2D eigenvalue weighted by atomic mass is 14.4. The highest BCUT2D eigenvalue weighted by Crippen LogP contribution is 2.48. The van der Waals surface area contributed by atoms with Crippen LogP contribution in [0.15, 0.2) is 24.3 Å². The summed E-state index contributed by atoms with van der Waals surface area (Å²) in [5.41, 5.74) is 3.67. The van der Waals surface area contributed by atoms with E-state index in [9.17, 15) is 0 Å². The van der Waals surface area contributed by atoms with Crippen molar-refractivity contribution in [3.05, 3.63) is 35.4 Å². The summed E-state index contributed by atoms with van der Waals surface area (Å²) in [6.45, 7) is 4.63. The molecule has 0 unspecified atom stereocenters. The summed E-state index contributed by atoms with van der Waals surface area (Å²) in [4.78, 5) is 0. The Kier molecular flexibility index (Phi) is 7.02. The minimum absolute atomic E-state index is 0.479. The molecule has 0 radical (unpaired) electrons. The van der Waals surface area contributed by atoms with E-state index in [4.69, 9.17) is 0 Å². The molecule has 2 saturated carbocycles. The summed E-state index contributed by atoms with van der Waals surface area (Å²) in [5, 5.41) is 0. The van der Waals surface area contributed by atoms with Gasteiger partial charge in [0, 0.05) is 0 Å². The van der Waals surface area contributed by atoms with Gasteiger partial charge < -0.3 is 0 Å². The first-order valence-electron chi connectivity index (χ1n) is 11.3. The second-order valence-corrected chi connectivity index (χ2v) is 9.24. The van der Waals surface area contributed by atoms with Crippen molar-refractivity contribution in [1.82, 2.24) is 0 Å². The van der Waals surface area contributed by atoms with E-state index >= 15 is 0 Å². The maximum absolute atomic E-state index is 2.52. The molecule has 140 valence electrons. The average molecular weight is 341 g/mol. The largest absolute Gasteiger partial charge is 0.0587 e. The van der Waals surface area contributed by atoms with Gasteiger partial charge in [-0.3, -0.25) is 0 Å². The van der Waals surface area contributed by atoms with Crippen LogP contribution in [0.1, 0.15) is 121 Å². The van der Waals surface area contributed by atoms with Crippen LogP contribution in [-0.4, -0.2) is 0 Å². The maximum Gasteiger partial charge on any atom is -0.00188 e. The van der Waals surface area contributed by atoms with E-state index in [0.29, 0.717) is 11.3 Å². The first kappa shape index (κ1) is 19.0. The molecule has 0 saturated heterocycles. The first-order valence-corrected chi connectivity index (χ1v) is 11.3. The Morgan fingerprint density at radius 2 is 1.16 bits per heavy atom. The molecule has 1 aromatic rings. The molecule has 0 bridgehead atoms. The molecule has 0 aromatic heterocycles. The molecule has 0 heterocycles. The SMILES string of the molecule is CC(C)c1ccc(C2(C3CCCCCCC3)CCCCCCC2)cc1. The quantitative estimate of drug-likeness (QED) is 0.520. The van der Waals surface area contributed by atoms with Crippen LogP contribution < -0.4 is 0 Å². The van der Waals surface area contributed by atoms with Crippen LogP contribution in [0, 0.1) is 5.92 Å². The van der Waals surface area contributed by atoms with Crippen molar-refractivity contribution < 1.29 is 0 Å². The monoisotopic (exact) mass is 340 g/mol. The third-order valence-corrected chi connectivity index (χ3v) is 7.28. The van der Waals surface area contributed by atoms with Crippen LogP contribution in [0.3, 0.4) is 0 Å². The first-order chi connectivity index (χ1) is 12.2. The van der Waals surface area contributed by atoms with E-state index in [-0.39, 0.29) is 0 Å². The highest BCUT2D eigenvalue weighted by Gasteiger charge is 2.39. The van der Waals surface area contributed by atoms with Crippen molar-refractivity contribution >= 4 is 0 Å². The lowest BCUT2D eigenvalue weighted by Crippen LogP contribution is -2.36. The van der Waals surface area contributed by atoms with Crippen molar-refractivity contribution in [1.29, 1.82) is 0 Å². The van der Waals surface area contributed by atoms with Crippen LogP contribution >= 0.6 is 0 Å². The number of hydrogen-bond acceptors (Lipinski definition) is 0. The lowest BCUT2D eigenvalue weighted by molar-refractivity contribution is 0.171. The van der Waals surface area contributed by atoms with Gasteiger partial charge in [-0.15, -0.1) is 0 Å². The third kappa shape index (κ3) is 4.69. The summed E-state index contributed by atoms with van der Waals surface area (Å²) >= 11 is 0. The van der Waals surface area contributed by atoms with Crippen LogP contribution in [0.4, 0.5) is 0 Å². The van der Waals surface area contributed by atoms with Gasteiger partial charge in [-0.2, -0.15) is 0 Å². The minimum atomic E-state index is 0.479. The summed E-state index contributed by atoms with van der Waals surface area (Å²) in [6, 6.07) is 9.91. The molecule has 0 amide bonds. The van der Waals surface area contributed by atoms with E-state index in [1.807, 2.05) is 0 Å². The van der Waals surface area contributed by atoms with Gasteiger partial charge in [0.2, 0.25) is 0 Å². The van der Waals surface area contributed by atoms with Gasteiger partial charge >= 0.3 is 0 Å². The second-order valence-electron chi connectivity index (χ2n) is 9.24. The molecule has 2 aliphatic rings. The van der Waals surface area contributed by atoms with Gasteiger partial charge in [-0.1, -0.05) is 102 Å². The van der Waals surface area contributed by atoms with Crippen LogP contribution in [0.25, 0.3) is 0 Å². The Labute approximate surface area is 156 Å². The highest BCUT2D eigenvalue weighted by molar-refractivity contribution is 5.32. The molecule has 0 atom stereocenters. The molecule has 2 fully saturated rings. The standard InChI is InChI=1S/C25H40/c1-21(2)22-15-17-24(18-16-22)25(19-11-7-4-8-12-20-25)23-13-9-5-3-6-10-14-23/h15-18,21,23H,3-14,19-20H2,1-2H3. The Bertz CT molecular complexity index is 479. The van der Waals surface area contributed by atoms with E-state index in [0.717, 1.165) is 5.92 Å². The molecule has 25 heavy (non-hydrogen) atoms. The van der Waals surface area contributed by atoms with Gasteiger partial charge in [-0.25, -0.2) is 0 Å². The number of benzene rings is 1. The molecule has 2 aliphatic carbocycles. The third-order valence-electron chi connectivity index (χ3n) is 7.28. The molecule has 0 aliphatic heterocycles. The minimum Gasteiger partial charge on any atom is -0.0587 e. The topological polar surface area (TPSA) is 0 Å². The zero-order valence-corrected chi connectivity index (χ0v) is 16.9. The van der Waals surface area contributed by atoms with Crippen molar-refractivity contribution in [3.8, 4) is 0 Å². The van der Waals surface area contributed by atoms with Gasteiger partial charge in [-0.05, 0) is 54.1 Å². The van der Waals surface area contributed by atoms with Crippen molar-refractivity contribution in [3.63, 3.8) is 0 Å². The zero-order chi connectivity index (χ0) is 17.5. The van der Waals surface area contributed by atoms with Crippen molar-refractivity contribution in [2.45, 2.75) is 115 Å². The Hall–Kier alpha value is -0.780. The lowest BCUT2D eigenvalue weighted by Gasteiger charge is -2.44. The summed E-state index contributed by atoms with van der Waals surface area (Å²) in [6.07, 6.45) is 20.5. The summed E-state index contributed by atoms with van der Waals surface area (Å²) < 4.78 is 0. The normalized spacial score (nSPS) is 23.5. The molecule has 0 heteroatoms. The summed E-state index contributed by atoms with van der Waals surface area (Å²) in [5.74, 6) is 1.57. The van der Waals surface area contributed by atoms with Gasteiger partial charge in [0.25, 0.3) is 0 Å². The Balaban J connectivity index is 1.91. The van der Waals surface area contributed by atoms with Gasteiger partial charge in [0.05, 0.1) is 0 Å². The fourth-order valence-corrected chi connectivity index (χ4v) is 5.68. The lowest BCUT2D eigenvalue weighted by atomic mass is 9.60. The smallest absolute Gasteiger partial charge is 0.00188 e. The van der Waals surface area contributed by atoms with E-state index < -0.39 is 0 Å². The van der Waals surface area contributed by atoms with Crippen molar-refractivity contribution in [2.75, 3.05) is 0 Å². The van der Waals surface area contributed by atoms with Gasteiger partial charge in [0.15, 0.2) is 0 Å². The number of rotatable bonds is 3. The Morgan fingerprint density at radius 1 is 0.680 bits per heavy atom. The summed E-state index contributed by atoms with van der Waals surface area (Å²) in [7, 11) is 0. The van der Waals surface area contributed by atoms with Crippen LogP contribution in [-0.2, 0) is 5.41 Å². The van der Waals surface area contributed by atoms with Gasteiger partial charge in [0.1, 0.15) is 0 Å². The molecule has 0 N–H and O–H groups in total. The molecule has 0 nitrogen and oxygen atoms in total. The van der Waals surface area contributed by atoms with E-state index in [2.05, 4.69) is 38.1 Å². The maximum atomic E-state index is 2.52. The molecule has 3 rings (SSSR count). The molecular formula is C25H40. The predicted molar refractivity (Wildman–Crippen MR) is 110 cm³/mol. The van der Waals surface area contributed by atoms with E-state index in [1.165, 1.54) is 95.5 Å². The molecular weight excluding hydrogens is 300 g/mol. The fourth-order valence-electron chi connectivity index (χ4n) is 5.68. The number of hydrogen-bond donors (Lipinski definition) is 0. The Morgan fingerprint density at radius 3 is 1.68 bits per heavy atom. The second kappa shape index (κ2) is 9.24. The fraction of sp³-hybridized carbons (Fsp3) is 0.760. The van der Waals surface area contributed by atoms with Crippen LogP contribution in [0.5, 0.6) is 0 Å².